The van der Waals surface area contributed by atoms with Crippen LogP contribution in [0.1, 0.15) is 11.1 Å². The molecule has 0 aliphatic rings. The Balaban J connectivity index is 1.45. The lowest BCUT2D eigenvalue weighted by molar-refractivity contribution is -0.115. The van der Waals surface area contributed by atoms with Crippen LogP contribution in [0, 0.1) is 0 Å². The van der Waals surface area contributed by atoms with Gasteiger partial charge in [-0.25, -0.2) is 0 Å². The molecular weight excluding hydrogens is 312 g/mol. The van der Waals surface area contributed by atoms with Crippen molar-refractivity contribution in [2.75, 3.05) is 5.32 Å². The molecule has 4 aromatic rings. The van der Waals surface area contributed by atoms with Gasteiger partial charge < -0.3 is 10.3 Å². The molecule has 0 aliphatic carbocycles. The summed E-state index contributed by atoms with van der Waals surface area (Å²) in [7, 11) is 0. The Kier molecular flexibility index (Phi) is 4.04. The molecule has 0 radical (unpaired) electrons. The van der Waals surface area contributed by atoms with E-state index in [2.05, 4.69) is 15.4 Å². The Morgan fingerprint density at radius 2 is 2.04 bits per heavy atom. The van der Waals surface area contributed by atoms with Crippen LogP contribution < -0.4 is 5.32 Å². The third-order valence-corrected chi connectivity index (χ3v) is 4.14. The van der Waals surface area contributed by atoms with E-state index in [0.29, 0.717) is 13.0 Å². The number of anilines is 1. The van der Waals surface area contributed by atoms with Crippen LogP contribution in [0.25, 0.3) is 10.9 Å². The number of amides is 1. The maximum Gasteiger partial charge on any atom is 0.228 e. The number of aromatic nitrogens is 3. The second kappa shape index (κ2) is 6.65. The summed E-state index contributed by atoms with van der Waals surface area (Å²) in [6, 6.07) is 17.7. The Bertz CT molecular complexity index is 1000. The fourth-order valence-corrected chi connectivity index (χ4v) is 2.98. The quantitative estimate of drug-likeness (QED) is 0.587. The fourth-order valence-electron chi connectivity index (χ4n) is 2.98. The number of hydrogen-bond acceptors (Lipinski definition) is 2. The van der Waals surface area contributed by atoms with Crippen LogP contribution in [0.2, 0.25) is 0 Å². The molecule has 124 valence electrons. The van der Waals surface area contributed by atoms with Gasteiger partial charge in [0.25, 0.3) is 0 Å². The maximum absolute atomic E-state index is 12.4. The normalized spacial score (nSPS) is 10.9. The van der Waals surface area contributed by atoms with E-state index < -0.39 is 0 Å². The Morgan fingerprint density at radius 3 is 2.92 bits per heavy atom. The van der Waals surface area contributed by atoms with E-state index in [0.717, 1.165) is 27.7 Å². The second-order valence-corrected chi connectivity index (χ2v) is 5.99. The number of rotatable bonds is 5. The first-order valence-corrected chi connectivity index (χ1v) is 8.19. The van der Waals surface area contributed by atoms with Crippen LogP contribution in [-0.4, -0.2) is 20.7 Å². The minimum Gasteiger partial charge on any atom is -0.361 e. The van der Waals surface area contributed by atoms with Gasteiger partial charge in [-0.05, 0) is 35.4 Å². The molecule has 2 N–H and O–H groups in total. The molecule has 0 saturated carbocycles. The van der Waals surface area contributed by atoms with Gasteiger partial charge in [0.05, 0.1) is 13.0 Å². The average molecular weight is 330 g/mol. The molecule has 0 fully saturated rings. The molecule has 0 spiro atoms. The van der Waals surface area contributed by atoms with Crippen molar-refractivity contribution >= 4 is 22.5 Å². The lowest BCUT2D eigenvalue weighted by Crippen LogP contribution is -2.14. The highest BCUT2D eigenvalue weighted by atomic mass is 16.1. The Hall–Kier alpha value is -3.34. The third-order valence-electron chi connectivity index (χ3n) is 4.14. The molecule has 2 heterocycles. The minimum atomic E-state index is -0.0269. The number of carbonyl (C=O) groups excluding carboxylic acids is 1. The van der Waals surface area contributed by atoms with E-state index in [1.54, 1.807) is 6.20 Å². The lowest BCUT2D eigenvalue weighted by Gasteiger charge is -2.08. The SMILES string of the molecule is O=C(Cc1c[nH]c2ccccc12)Nc1cccc(Cn2cccn2)c1. The molecule has 0 unspecified atom stereocenters. The molecule has 5 nitrogen and oxygen atoms in total. The standard InChI is InChI=1S/C20H18N4O/c25-20(12-16-13-21-19-8-2-1-7-18(16)19)23-17-6-3-5-15(11-17)14-24-10-4-9-22-24/h1-11,13,21H,12,14H2,(H,23,25). The molecule has 4 rings (SSSR count). The highest BCUT2D eigenvalue weighted by Gasteiger charge is 2.09. The van der Waals surface area contributed by atoms with Crippen LogP contribution in [0.5, 0.6) is 0 Å². The molecule has 2 aromatic carbocycles. The van der Waals surface area contributed by atoms with Crippen molar-refractivity contribution in [3.8, 4) is 0 Å². The van der Waals surface area contributed by atoms with Gasteiger partial charge in [-0.2, -0.15) is 5.10 Å². The smallest absolute Gasteiger partial charge is 0.228 e. The van der Waals surface area contributed by atoms with Crippen LogP contribution in [-0.2, 0) is 17.8 Å². The number of nitrogens with one attached hydrogen (secondary N) is 2. The number of benzene rings is 2. The van der Waals surface area contributed by atoms with Gasteiger partial charge in [0.1, 0.15) is 0 Å². The topological polar surface area (TPSA) is 62.7 Å². The van der Waals surface area contributed by atoms with E-state index in [-0.39, 0.29) is 5.91 Å². The summed E-state index contributed by atoms with van der Waals surface area (Å²) in [4.78, 5) is 15.6. The zero-order valence-electron chi connectivity index (χ0n) is 13.6. The monoisotopic (exact) mass is 330 g/mol. The molecule has 0 aliphatic heterocycles. The van der Waals surface area contributed by atoms with E-state index in [1.807, 2.05) is 71.7 Å². The summed E-state index contributed by atoms with van der Waals surface area (Å²) in [5, 5.41) is 8.28. The maximum atomic E-state index is 12.4. The third kappa shape index (κ3) is 3.45. The summed E-state index contributed by atoms with van der Waals surface area (Å²) < 4.78 is 1.85. The molecule has 0 bridgehead atoms. The fraction of sp³-hybridized carbons (Fsp3) is 0.100. The van der Waals surface area contributed by atoms with Gasteiger partial charge in [-0.1, -0.05) is 30.3 Å². The first kappa shape index (κ1) is 15.2. The zero-order chi connectivity index (χ0) is 17.1. The number of para-hydroxylation sites is 1. The highest BCUT2D eigenvalue weighted by Crippen LogP contribution is 2.19. The van der Waals surface area contributed by atoms with Crippen molar-refractivity contribution in [2.24, 2.45) is 0 Å². The van der Waals surface area contributed by atoms with Crippen LogP contribution in [0.15, 0.2) is 73.2 Å². The highest BCUT2D eigenvalue weighted by molar-refractivity contribution is 5.95. The summed E-state index contributed by atoms with van der Waals surface area (Å²) in [5.41, 5.74) is 3.94. The lowest BCUT2D eigenvalue weighted by atomic mass is 10.1. The van der Waals surface area contributed by atoms with E-state index in [4.69, 9.17) is 0 Å². The summed E-state index contributed by atoms with van der Waals surface area (Å²) >= 11 is 0. The van der Waals surface area contributed by atoms with Gasteiger partial charge in [-0.3, -0.25) is 9.48 Å². The van der Waals surface area contributed by atoms with E-state index >= 15 is 0 Å². The number of nitrogens with zero attached hydrogens (tertiary/aromatic N) is 2. The first-order valence-electron chi connectivity index (χ1n) is 8.19. The molecular formula is C20H18N4O. The predicted molar refractivity (Wildman–Crippen MR) is 98.4 cm³/mol. The molecule has 0 saturated heterocycles. The molecule has 2 aromatic heterocycles. The molecule has 25 heavy (non-hydrogen) atoms. The van der Waals surface area contributed by atoms with Crippen molar-refractivity contribution in [3.63, 3.8) is 0 Å². The van der Waals surface area contributed by atoms with Gasteiger partial charge in [0.2, 0.25) is 5.91 Å². The van der Waals surface area contributed by atoms with Gasteiger partial charge in [-0.15, -0.1) is 0 Å². The van der Waals surface area contributed by atoms with Crippen LogP contribution in [0.4, 0.5) is 5.69 Å². The number of hydrogen-bond donors (Lipinski definition) is 2. The van der Waals surface area contributed by atoms with Crippen LogP contribution in [0.3, 0.4) is 0 Å². The Morgan fingerprint density at radius 1 is 1.12 bits per heavy atom. The van der Waals surface area contributed by atoms with Crippen LogP contribution >= 0.6 is 0 Å². The number of H-pyrrole nitrogens is 1. The first-order chi connectivity index (χ1) is 12.3. The van der Waals surface area contributed by atoms with Gasteiger partial charge in [0, 0.05) is 35.2 Å². The van der Waals surface area contributed by atoms with Crippen molar-refractivity contribution in [1.29, 1.82) is 0 Å². The van der Waals surface area contributed by atoms with Gasteiger partial charge >= 0.3 is 0 Å². The van der Waals surface area contributed by atoms with E-state index in [9.17, 15) is 4.79 Å². The molecule has 5 heteroatoms. The predicted octanol–water partition coefficient (Wildman–Crippen LogP) is 3.59. The average Bonchev–Trinajstić information content (AvgIpc) is 3.26. The molecule has 1 amide bonds. The minimum absolute atomic E-state index is 0.0269. The summed E-state index contributed by atoms with van der Waals surface area (Å²) in [6.07, 6.45) is 5.92. The zero-order valence-corrected chi connectivity index (χ0v) is 13.6. The van der Waals surface area contributed by atoms with E-state index in [1.165, 1.54) is 0 Å². The summed E-state index contributed by atoms with van der Waals surface area (Å²) in [6.45, 7) is 0.680. The van der Waals surface area contributed by atoms with Gasteiger partial charge in [0.15, 0.2) is 0 Å². The van der Waals surface area contributed by atoms with Crippen molar-refractivity contribution < 1.29 is 4.79 Å². The van der Waals surface area contributed by atoms with Crippen molar-refractivity contribution in [1.82, 2.24) is 14.8 Å². The summed E-state index contributed by atoms with van der Waals surface area (Å²) in [5.74, 6) is -0.0269. The number of aromatic amines is 1. The largest absolute Gasteiger partial charge is 0.361 e. The van der Waals surface area contributed by atoms with Crippen molar-refractivity contribution in [2.45, 2.75) is 13.0 Å². The Labute approximate surface area is 145 Å². The second-order valence-electron chi connectivity index (χ2n) is 5.99. The molecule has 0 atom stereocenters. The number of carbonyl (C=O) groups is 1. The number of fused-ring (bicyclic) bond motifs is 1. The van der Waals surface area contributed by atoms with Crippen molar-refractivity contribution in [3.05, 3.63) is 84.3 Å².